The predicted molar refractivity (Wildman–Crippen MR) is 117 cm³/mol. The molecule has 6 nitrogen and oxygen atoms in total. The lowest BCUT2D eigenvalue weighted by molar-refractivity contribution is -0.117. The lowest BCUT2D eigenvalue weighted by atomic mass is 10.2. The molecule has 6 heteroatoms. The van der Waals surface area contributed by atoms with Gasteiger partial charge in [0.15, 0.2) is 0 Å². The number of amides is 1. The minimum Gasteiger partial charge on any atom is -0.492 e. The molecule has 156 valence electrons. The fourth-order valence-corrected chi connectivity index (χ4v) is 3.33. The lowest BCUT2D eigenvalue weighted by Gasteiger charge is -2.29. The molecule has 1 fully saturated rings. The van der Waals surface area contributed by atoms with Crippen molar-refractivity contribution in [3.63, 3.8) is 0 Å². The molecule has 2 aromatic carbocycles. The second kappa shape index (κ2) is 10.8. The van der Waals surface area contributed by atoms with Gasteiger partial charge in [-0.15, -0.1) is 0 Å². The third-order valence-electron chi connectivity index (χ3n) is 5.01. The van der Waals surface area contributed by atoms with Crippen molar-refractivity contribution in [2.24, 2.45) is 0 Å². The van der Waals surface area contributed by atoms with Crippen LogP contribution in [0.15, 0.2) is 48.5 Å². The molecule has 1 saturated heterocycles. The van der Waals surface area contributed by atoms with Crippen molar-refractivity contribution in [3.8, 4) is 5.75 Å². The van der Waals surface area contributed by atoms with Gasteiger partial charge in [0.05, 0.1) is 19.8 Å². The first-order valence-corrected chi connectivity index (χ1v) is 10.3. The van der Waals surface area contributed by atoms with Crippen LogP contribution < -0.4 is 15.0 Å². The van der Waals surface area contributed by atoms with Crippen LogP contribution in [0.4, 0.5) is 11.4 Å². The van der Waals surface area contributed by atoms with Crippen molar-refractivity contribution in [3.05, 3.63) is 54.1 Å². The molecule has 1 N–H and O–H groups in total. The van der Waals surface area contributed by atoms with Gasteiger partial charge in [-0.2, -0.15) is 0 Å². The first-order valence-electron chi connectivity index (χ1n) is 10.3. The summed E-state index contributed by atoms with van der Waals surface area (Å²) < 4.78 is 11.2. The molecule has 1 aliphatic heterocycles. The molecule has 1 amide bonds. The Balaban J connectivity index is 1.43. The van der Waals surface area contributed by atoms with Crippen molar-refractivity contribution in [2.75, 3.05) is 62.8 Å². The van der Waals surface area contributed by atoms with Gasteiger partial charge < -0.3 is 19.7 Å². The van der Waals surface area contributed by atoms with Crippen molar-refractivity contribution in [2.45, 2.75) is 13.8 Å². The summed E-state index contributed by atoms with van der Waals surface area (Å²) in [7, 11) is 0. The molecule has 29 heavy (non-hydrogen) atoms. The maximum absolute atomic E-state index is 12.4. The van der Waals surface area contributed by atoms with Gasteiger partial charge >= 0.3 is 0 Å². The highest BCUT2D eigenvalue weighted by Gasteiger charge is 2.12. The zero-order chi connectivity index (χ0) is 20.5. The fraction of sp³-hybridized carbons (Fsp3) is 0.435. The van der Waals surface area contributed by atoms with E-state index < -0.39 is 0 Å². The zero-order valence-corrected chi connectivity index (χ0v) is 17.4. The van der Waals surface area contributed by atoms with E-state index in [9.17, 15) is 4.79 Å². The minimum absolute atomic E-state index is 0.0125. The van der Waals surface area contributed by atoms with Crippen molar-refractivity contribution in [1.29, 1.82) is 0 Å². The van der Waals surface area contributed by atoms with Gasteiger partial charge in [-0.25, -0.2) is 0 Å². The lowest BCUT2D eigenvalue weighted by Crippen LogP contribution is -2.36. The van der Waals surface area contributed by atoms with Crippen LogP contribution in [0.2, 0.25) is 0 Å². The second-order valence-corrected chi connectivity index (χ2v) is 7.23. The van der Waals surface area contributed by atoms with Crippen molar-refractivity contribution in [1.82, 2.24) is 4.90 Å². The van der Waals surface area contributed by atoms with Crippen LogP contribution in [-0.4, -0.2) is 63.4 Å². The number of likely N-dealkylation sites (N-methyl/N-ethyl adjacent to an activating group) is 1. The van der Waals surface area contributed by atoms with Crippen LogP contribution in [0.5, 0.6) is 5.75 Å². The Bertz CT molecular complexity index is 773. The molecule has 0 aromatic heterocycles. The molecule has 0 bridgehead atoms. The number of carbonyl (C=O) groups excluding carboxylic acids is 1. The number of nitrogens with one attached hydrogen (secondary N) is 1. The molecular formula is C23H31N3O3. The quantitative estimate of drug-likeness (QED) is 0.704. The van der Waals surface area contributed by atoms with Crippen LogP contribution in [0.25, 0.3) is 0 Å². The van der Waals surface area contributed by atoms with Gasteiger partial charge in [0, 0.05) is 31.0 Å². The first-order chi connectivity index (χ1) is 14.1. The Hall–Kier alpha value is -2.57. The summed E-state index contributed by atoms with van der Waals surface area (Å²) >= 11 is 0. The van der Waals surface area contributed by atoms with E-state index in [0.29, 0.717) is 19.7 Å². The molecule has 1 heterocycles. The second-order valence-electron chi connectivity index (χ2n) is 7.23. The van der Waals surface area contributed by atoms with E-state index in [-0.39, 0.29) is 5.91 Å². The Kier molecular flexibility index (Phi) is 7.90. The Morgan fingerprint density at radius 3 is 2.62 bits per heavy atom. The molecule has 0 unspecified atom stereocenters. The van der Waals surface area contributed by atoms with Crippen molar-refractivity contribution >= 4 is 17.3 Å². The molecule has 1 aliphatic rings. The molecule has 0 spiro atoms. The van der Waals surface area contributed by atoms with Crippen LogP contribution in [0, 0.1) is 6.92 Å². The van der Waals surface area contributed by atoms with Gasteiger partial charge in [0.25, 0.3) is 0 Å². The number of anilines is 2. The minimum atomic E-state index is -0.0125. The third kappa shape index (κ3) is 6.76. The van der Waals surface area contributed by atoms with E-state index in [0.717, 1.165) is 50.0 Å². The summed E-state index contributed by atoms with van der Waals surface area (Å²) in [4.78, 5) is 16.8. The summed E-state index contributed by atoms with van der Waals surface area (Å²) in [6.45, 7) is 9.83. The molecule has 3 rings (SSSR count). The maximum atomic E-state index is 12.4. The fourth-order valence-electron chi connectivity index (χ4n) is 3.33. The number of benzene rings is 2. The number of morpholine rings is 1. The van der Waals surface area contributed by atoms with Crippen LogP contribution >= 0.6 is 0 Å². The van der Waals surface area contributed by atoms with Gasteiger partial charge in [-0.3, -0.25) is 9.69 Å². The molecule has 0 aliphatic carbocycles. The highest BCUT2D eigenvalue weighted by atomic mass is 16.5. The monoisotopic (exact) mass is 397 g/mol. The highest BCUT2D eigenvalue weighted by molar-refractivity contribution is 5.92. The largest absolute Gasteiger partial charge is 0.492 e. The molecule has 0 radical (unpaired) electrons. The smallest absolute Gasteiger partial charge is 0.238 e. The Morgan fingerprint density at radius 1 is 1.17 bits per heavy atom. The van der Waals surface area contributed by atoms with Gasteiger partial charge in [-0.1, -0.05) is 19.1 Å². The Labute approximate surface area is 173 Å². The van der Waals surface area contributed by atoms with Crippen LogP contribution in [-0.2, 0) is 9.53 Å². The third-order valence-corrected chi connectivity index (χ3v) is 5.01. The van der Waals surface area contributed by atoms with Crippen LogP contribution in [0.1, 0.15) is 12.5 Å². The van der Waals surface area contributed by atoms with Gasteiger partial charge in [0.1, 0.15) is 12.4 Å². The Morgan fingerprint density at radius 2 is 1.93 bits per heavy atom. The number of aryl methyl sites for hydroxylation is 1. The summed E-state index contributed by atoms with van der Waals surface area (Å²) in [5.41, 5.74) is 3.16. The maximum Gasteiger partial charge on any atom is 0.238 e. The highest BCUT2D eigenvalue weighted by Crippen LogP contribution is 2.19. The van der Waals surface area contributed by atoms with Crippen LogP contribution in [0.3, 0.4) is 0 Å². The van der Waals surface area contributed by atoms with E-state index in [2.05, 4.69) is 22.0 Å². The van der Waals surface area contributed by atoms with E-state index in [1.54, 1.807) is 0 Å². The summed E-state index contributed by atoms with van der Waals surface area (Å²) in [5, 5.41) is 2.99. The zero-order valence-electron chi connectivity index (χ0n) is 17.4. The molecular weight excluding hydrogens is 366 g/mol. The van der Waals surface area contributed by atoms with Crippen molar-refractivity contribution < 1.29 is 14.3 Å². The van der Waals surface area contributed by atoms with E-state index in [4.69, 9.17) is 9.47 Å². The average molecular weight is 398 g/mol. The van der Waals surface area contributed by atoms with E-state index in [1.807, 2.05) is 55.5 Å². The average Bonchev–Trinajstić information content (AvgIpc) is 2.74. The molecule has 0 saturated carbocycles. The van der Waals surface area contributed by atoms with Gasteiger partial charge in [-0.05, 0) is 55.4 Å². The van der Waals surface area contributed by atoms with E-state index >= 15 is 0 Å². The number of rotatable bonds is 9. The molecule has 0 atom stereocenters. The molecule has 2 aromatic rings. The standard InChI is InChI=1S/C23H31N3O3/c1-3-25(11-16-29-22-6-4-5-19(2)17-22)18-23(27)24-20-7-9-21(10-8-20)26-12-14-28-15-13-26/h4-10,17H,3,11-16,18H2,1-2H3,(H,24,27). The normalized spacial score (nSPS) is 14.1. The van der Waals surface area contributed by atoms with Gasteiger partial charge in [0.2, 0.25) is 5.91 Å². The number of hydrogen-bond donors (Lipinski definition) is 1. The first kappa shape index (κ1) is 21.1. The number of ether oxygens (including phenoxy) is 2. The summed E-state index contributed by atoms with van der Waals surface area (Å²) in [5.74, 6) is 0.854. The number of hydrogen-bond acceptors (Lipinski definition) is 5. The SMILES string of the molecule is CCN(CCOc1cccc(C)c1)CC(=O)Nc1ccc(N2CCOCC2)cc1. The summed E-state index contributed by atoms with van der Waals surface area (Å²) in [6, 6.07) is 16.0. The number of carbonyl (C=O) groups is 1. The van der Waals surface area contributed by atoms with E-state index in [1.165, 1.54) is 5.56 Å². The predicted octanol–water partition coefficient (Wildman–Crippen LogP) is 3.17. The topological polar surface area (TPSA) is 54.0 Å². The summed E-state index contributed by atoms with van der Waals surface area (Å²) in [6.07, 6.45) is 0. The number of nitrogens with zero attached hydrogens (tertiary/aromatic N) is 2.